The second-order valence-electron chi connectivity index (χ2n) is 6.41. The molecule has 0 atom stereocenters. The molecule has 0 unspecified atom stereocenters. The van der Waals surface area contributed by atoms with Gasteiger partial charge in [0.25, 0.3) is 0 Å². The molecule has 3 rings (SSSR count). The molecule has 2 aromatic heterocycles. The molecular formula is C17H25N3. The predicted molar refractivity (Wildman–Crippen MR) is 83.7 cm³/mol. The third kappa shape index (κ3) is 3.21. The fraction of sp³-hybridized carbons (Fsp3) is 0.588. The van der Waals surface area contributed by atoms with Gasteiger partial charge in [-0.1, -0.05) is 13.8 Å². The lowest BCUT2D eigenvalue weighted by molar-refractivity contribution is 0.516. The van der Waals surface area contributed by atoms with E-state index in [0.717, 1.165) is 30.7 Å². The molecular weight excluding hydrogens is 246 g/mol. The van der Waals surface area contributed by atoms with E-state index < -0.39 is 0 Å². The Kier molecular flexibility index (Phi) is 4.06. The zero-order valence-electron chi connectivity index (χ0n) is 12.6. The molecule has 0 radical (unpaired) electrons. The summed E-state index contributed by atoms with van der Waals surface area (Å²) < 4.78 is 2.33. The van der Waals surface area contributed by atoms with Crippen LogP contribution in [0, 0.1) is 5.92 Å². The van der Waals surface area contributed by atoms with Crippen molar-refractivity contribution in [3.63, 3.8) is 0 Å². The number of aryl methyl sites for hydroxylation is 1. The molecule has 0 amide bonds. The average Bonchev–Trinajstić information content (AvgIpc) is 3.20. The first kappa shape index (κ1) is 13.6. The summed E-state index contributed by atoms with van der Waals surface area (Å²) in [6.45, 7) is 6.63. The normalized spacial score (nSPS) is 15.3. The van der Waals surface area contributed by atoms with Crippen LogP contribution in [-0.2, 0) is 13.1 Å². The predicted octanol–water partition coefficient (Wildman–Crippen LogP) is 3.72. The van der Waals surface area contributed by atoms with Gasteiger partial charge in [-0.3, -0.25) is 0 Å². The van der Waals surface area contributed by atoms with Crippen LogP contribution in [0.4, 0.5) is 0 Å². The number of hydrogen-bond acceptors (Lipinski definition) is 2. The highest BCUT2D eigenvalue weighted by Gasteiger charge is 2.20. The van der Waals surface area contributed by atoms with Crippen LogP contribution in [0.5, 0.6) is 0 Å². The first-order valence-corrected chi connectivity index (χ1v) is 7.90. The minimum absolute atomic E-state index is 0.756. The van der Waals surface area contributed by atoms with Crippen molar-refractivity contribution in [2.75, 3.05) is 0 Å². The summed E-state index contributed by atoms with van der Waals surface area (Å²) in [5, 5.41) is 4.92. The van der Waals surface area contributed by atoms with Gasteiger partial charge < -0.3 is 9.88 Å². The Morgan fingerprint density at radius 3 is 3.00 bits per heavy atom. The average molecular weight is 271 g/mol. The molecule has 20 heavy (non-hydrogen) atoms. The summed E-state index contributed by atoms with van der Waals surface area (Å²) in [5.41, 5.74) is 2.54. The molecule has 108 valence electrons. The molecule has 1 saturated carbocycles. The van der Waals surface area contributed by atoms with E-state index in [1.54, 1.807) is 0 Å². The zero-order valence-corrected chi connectivity index (χ0v) is 12.6. The SMILES string of the molecule is CC(C)CCCn1cc(CNC2CC2)c2cccnc21. The van der Waals surface area contributed by atoms with Crippen LogP contribution in [0.1, 0.15) is 45.1 Å². The third-order valence-corrected chi connectivity index (χ3v) is 4.06. The Bertz CT molecular complexity index is 567. The van der Waals surface area contributed by atoms with E-state index in [-0.39, 0.29) is 0 Å². The fourth-order valence-electron chi connectivity index (χ4n) is 2.72. The van der Waals surface area contributed by atoms with Gasteiger partial charge in [0.05, 0.1) is 0 Å². The van der Waals surface area contributed by atoms with Crippen LogP contribution in [0.25, 0.3) is 11.0 Å². The van der Waals surface area contributed by atoms with E-state index in [4.69, 9.17) is 0 Å². The van der Waals surface area contributed by atoms with Crippen LogP contribution >= 0.6 is 0 Å². The molecule has 0 saturated heterocycles. The summed E-state index contributed by atoms with van der Waals surface area (Å²) in [5.74, 6) is 0.779. The van der Waals surface area contributed by atoms with E-state index in [9.17, 15) is 0 Å². The first-order valence-electron chi connectivity index (χ1n) is 7.90. The number of aromatic nitrogens is 2. The van der Waals surface area contributed by atoms with Crippen LogP contribution < -0.4 is 5.32 Å². The van der Waals surface area contributed by atoms with Crippen molar-refractivity contribution in [2.45, 2.75) is 58.7 Å². The van der Waals surface area contributed by atoms with Crippen molar-refractivity contribution >= 4 is 11.0 Å². The Hall–Kier alpha value is -1.35. The molecule has 3 heteroatoms. The Balaban J connectivity index is 1.75. The van der Waals surface area contributed by atoms with Crippen molar-refractivity contribution in [3.8, 4) is 0 Å². The summed E-state index contributed by atoms with van der Waals surface area (Å²) in [6.07, 6.45) is 9.39. The van der Waals surface area contributed by atoms with Gasteiger partial charge in [-0.05, 0) is 49.3 Å². The van der Waals surface area contributed by atoms with Gasteiger partial charge in [-0.2, -0.15) is 0 Å². The maximum atomic E-state index is 4.58. The van der Waals surface area contributed by atoms with Gasteiger partial charge in [0, 0.05) is 36.9 Å². The van der Waals surface area contributed by atoms with Crippen LogP contribution in [0.2, 0.25) is 0 Å². The fourth-order valence-corrected chi connectivity index (χ4v) is 2.72. The smallest absolute Gasteiger partial charge is 0.140 e. The van der Waals surface area contributed by atoms with Gasteiger partial charge >= 0.3 is 0 Å². The van der Waals surface area contributed by atoms with Gasteiger partial charge in [-0.15, -0.1) is 0 Å². The summed E-state index contributed by atoms with van der Waals surface area (Å²) in [4.78, 5) is 4.58. The molecule has 1 aliphatic rings. The van der Waals surface area contributed by atoms with Gasteiger partial charge in [0.1, 0.15) is 5.65 Å². The monoisotopic (exact) mass is 271 g/mol. The number of nitrogens with zero attached hydrogens (tertiary/aromatic N) is 2. The zero-order chi connectivity index (χ0) is 13.9. The number of hydrogen-bond donors (Lipinski definition) is 1. The molecule has 0 aromatic carbocycles. The van der Waals surface area contributed by atoms with Crippen molar-refractivity contribution in [3.05, 3.63) is 30.1 Å². The number of nitrogens with one attached hydrogen (secondary N) is 1. The maximum absolute atomic E-state index is 4.58. The number of fused-ring (bicyclic) bond motifs is 1. The van der Waals surface area contributed by atoms with E-state index >= 15 is 0 Å². The molecule has 2 heterocycles. The van der Waals surface area contributed by atoms with Crippen LogP contribution in [0.3, 0.4) is 0 Å². The number of rotatable bonds is 7. The van der Waals surface area contributed by atoms with Crippen molar-refractivity contribution in [2.24, 2.45) is 5.92 Å². The van der Waals surface area contributed by atoms with Gasteiger partial charge in [-0.25, -0.2) is 4.98 Å². The topological polar surface area (TPSA) is 29.9 Å². The minimum atomic E-state index is 0.756. The third-order valence-electron chi connectivity index (χ3n) is 4.06. The van der Waals surface area contributed by atoms with Crippen molar-refractivity contribution < 1.29 is 0 Å². The van der Waals surface area contributed by atoms with E-state index in [2.05, 4.69) is 41.0 Å². The highest BCUT2D eigenvalue weighted by Crippen LogP contribution is 2.23. The van der Waals surface area contributed by atoms with E-state index in [1.807, 2.05) is 12.3 Å². The lowest BCUT2D eigenvalue weighted by atomic mass is 10.1. The second kappa shape index (κ2) is 5.96. The molecule has 1 fully saturated rings. The molecule has 0 spiro atoms. The Morgan fingerprint density at radius 1 is 1.40 bits per heavy atom. The summed E-state index contributed by atoms with van der Waals surface area (Å²) in [7, 11) is 0. The minimum Gasteiger partial charge on any atom is -0.332 e. The van der Waals surface area contributed by atoms with Crippen molar-refractivity contribution in [1.29, 1.82) is 0 Å². The molecule has 0 aliphatic heterocycles. The van der Waals surface area contributed by atoms with Crippen molar-refractivity contribution in [1.82, 2.24) is 14.9 Å². The number of pyridine rings is 1. The van der Waals surface area contributed by atoms with Crippen LogP contribution in [-0.4, -0.2) is 15.6 Å². The van der Waals surface area contributed by atoms with Gasteiger partial charge in [0.2, 0.25) is 0 Å². The van der Waals surface area contributed by atoms with Gasteiger partial charge in [0.15, 0.2) is 0 Å². The molecule has 2 aromatic rings. The first-order chi connectivity index (χ1) is 9.74. The lowest BCUT2D eigenvalue weighted by Gasteiger charge is -2.06. The standard InChI is InChI=1S/C17H25N3/c1-13(2)5-4-10-20-12-14(11-19-15-7-8-15)16-6-3-9-18-17(16)20/h3,6,9,12-13,15,19H,4-5,7-8,10-11H2,1-2H3. The summed E-state index contributed by atoms with van der Waals surface area (Å²) >= 11 is 0. The maximum Gasteiger partial charge on any atom is 0.140 e. The Morgan fingerprint density at radius 2 is 2.25 bits per heavy atom. The largest absolute Gasteiger partial charge is 0.332 e. The Labute approximate surface area is 121 Å². The molecule has 0 bridgehead atoms. The highest BCUT2D eigenvalue weighted by molar-refractivity contribution is 5.80. The van der Waals surface area contributed by atoms with E-state index in [1.165, 1.54) is 36.6 Å². The second-order valence-corrected chi connectivity index (χ2v) is 6.41. The quantitative estimate of drug-likeness (QED) is 0.831. The lowest BCUT2D eigenvalue weighted by Crippen LogP contribution is -2.14. The molecule has 1 N–H and O–H groups in total. The summed E-state index contributed by atoms with van der Waals surface area (Å²) in [6, 6.07) is 5.00. The molecule has 3 nitrogen and oxygen atoms in total. The van der Waals surface area contributed by atoms with Crippen LogP contribution in [0.15, 0.2) is 24.5 Å². The molecule has 1 aliphatic carbocycles. The highest BCUT2D eigenvalue weighted by atomic mass is 15.0. The van der Waals surface area contributed by atoms with E-state index in [0.29, 0.717) is 0 Å².